The average molecular weight is 292 g/mol. The van der Waals surface area contributed by atoms with E-state index in [0.717, 1.165) is 12.4 Å². The second-order valence-electron chi connectivity index (χ2n) is 2.66. The quantitative estimate of drug-likeness (QED) is 0.467. The van der Waals surface area contributed by atoms with Crippen molar-refractivity contribution in [1.29, 1.82) is 0 Å². The molecule has 0 spiro atoms. The smallest absolute Gasteiger partial charge is 0.119 e. The van der Waals surface area contributed by atoms with Gasteiger partial charge in [-0.2, -0.15) is 0 Å². The fourth-order valence-electron chi connectivity index (χ4n) is 0.865. The first kappa shape index (κ1) is 10.1. The zero-order chi connectivity index (χ0) is 8.81. The summed E-state index contributed by atoms with van der Waals surface area (Å²) in [5.41, 5.74) is 0. The Kier molecular flexibility index (Phi) is 4.68. The molecule has 66 valence electrons. The second-order valence-corrected chi connectivity index (χ2v) is 4.90. The number of halogens is 1. The van der Waals surface area contributed by atoms with Gasteiger partial charge in [-0.05, 0) is 53.3 Å². The molecule has 1 aromatic rings. The van der Waals surface area contributed by atoms with Crippen molar-refractivity contribution < 1.29 is 4.74 Å². The minimum absolute atomic E-state index is 0.865. The van der Waals surface area contributed by atoms with Gasteiger partial charge in [0.25, 0.3) is 0 Å². The largest absolute Gasteiger partial charge is 0.494 e. The van der Waals surface area contributed by atoms with E-state index in [0.29, 0.717) is 0 Å². The van der Waals surface area contributed by atoms with E-state index < -0.39 is 0 Å². The van der Waals surface area contributed by atoms with E-state index in [4.69, 9.17) is 4.74 Å². The van der Waals surface area contributed by atoms with Crippen LogP contribution in [-0.2, 0) is 0 Å². The molecular formula is C9H13IOSi. The van der Waals surface area contributed by atoms with Crippen molar-refractivity contribution in [1.82, 2.24) is 0 Å². The Bertz CT molecular complexity index is 222. The van der Waals surface area contributed by atoms with Crippen LogP contribution in [0.2, 0.25) is 6.04 Å². The zero-order valence-corrected chi connectivity index (χ0v) is 11.4. The molecule has 1 aromatic carbocycles. The van der Waals surface area contributed by atoms with E-state index in [-0.39, 0.29) is 0 Å². The molecular weight excluding hydrogens is 279 g/mol. The summed E-state index contributed by atoms with van der Waals surface area (Å²) in [6.45, 7) is 0.865. The average Bonchev–Trinajstić information content (AvgIpc) is 2.09. The molecule has 1 rings (SSSR count). The van der Waals surface area contributed by atoms with E-state index in [2.05, 4.69) is 34.7 Å². The lowest BCUT2D eigenvalue weighted by Gasteiger charge is -2.04. The van der Waals surface area contributed by atoms with Crippen LogP contribution in [0.4, 0.5) is 0 Å². The summed E-state index contributed by atoms with van der Waals surface area (Å²) in [4.78, 5) is 0. The van der Waals surface area contributed by atoms with E-state index in [1.54, 1.807) is 0 Å². The van der Waals surface area contributed by atoms with E-state index in [1.807, 2.05) is 12.1 Å². The monoisotopic (exact) mass is 292 g/mol. The summed E-state index contributed by atoms with van der Waals surface area (Å²) in [6.07, 6.45) is 1.19. The minimum Gasteiger partial charge on any atom is -0.494 e. The molecule has 0 heterocycles. The molecule has 0 N–H and O–H groups in total. The number of ether oxygens (including phenoxy) is 1. The summed E-state index contributed by atoms with van der Waals surface area (Å²) in [7, 11) is 1.28. The van der Waals surface area contributed by atoms with Crippen LogP contribution >= 0.6 is 22.6 Å². The molecule has 3 heteroatoms. The Morgan fingerprint density at radius 1 is 1.25 bits per heavy atom. The third-order valence-corrected chi connectivity index (χ3v) is 3.01. The van der Waals surface area contributed by atoms with Crippen molar-refractivity contribution in [3.05, 3.63) is 27.8 Å². The van der Waals surface area contributed by atoms with Gasteiger partial charge in [-0.3, -0.25) is 0 Å². The number of hydrogen-bond acceptors (Lipinski definition) is 1. The Hall–Kier alpha value is -0.0331. The van der Waals surface area contributed by atoms with E-state index >= 15 is 0 Å². The van der Waals surface area contributed by atoms with Crippen LogP contribution in [0.1, 0.15) is 6.42 Å². The SMILES string of the molecule is [SiH3]CCCOc1ccc(I)cc1. The summed E-state index contributed by atoms with van der Waals surface area (Å²) in [6, 6.07) is 9.50. The van der Waals surface area contributed by atoms with Crippen molar-refractivity contribution in [2.45, 2.75) is 12.5 Å². The van der Waals surface area contributed by atoms with Gasteiger partial charge in [0.15, 0.2) is 0 Å². The normalized spacial score (nSPS) is 10.1. The minimum atomic E-state index is 0.865. The molecule has 0 saturated carbocycles. The molecule has 0 radical (unpaired) electrons. The van der Waals surface area contributed by atoms with Crippen LogP contribution in [0, 0.1) is 3.57 Å². The molecule has 0 aliphatic carbocycles. The highest BCUT2D eigenvalue weighted by atomic mass is 127. The van der Waals surface area contributed by atoms with Crippen LogP contribution in [0.3, 0.4) is 0 Å². The van der Waals surface area contributed by atoms with Crippen LogP contribution in [0.5, 0.6) is 5.75 Å². The maximum absolute atomic E-state index is 5.52. The standard InChI is InChI=1S/C9H13IOSi/c10-8-2-4-9(5-3-8)11-6-1-7-12/h2-5H,1,6-7H2,12H3. The first-order valence-electron chi connectivity index (χ1n) is 4.21. The molecule has 12 heavy (non-hydrogen) atoms. The highest BCUT2D eigenvalue weighted by molar-refractivity contribution is 14.1. The Morgan fingerprint density at radius 3 is 2.50 bits per heavy atom. The Labute approximate surface area is 90.1 Å². The molecule has 0 atom stereocenters. The van der Waals surface area contributed by atoms with Crippen LogP contribution in [0.15, 0.2) is 24.3 Å². The second kappa shape index (κ2) is 5.58. The maximum Gasteiger partial charge on any atom is 0.119 e. The lowest BCUT2D eigenvalue weighted by Crippen LogP contribution is -1.96. The number of rotatable bonds is 4. The van der Waals surface area contributed by atoms with Gasteiger partial charge in [-0.25, -0.2) is 0 Å². The molecule has 0 amide bonds. The van der Waals surface area contributed by atoms with Crippen molar-refractivity contribution in [2.75, 3.05) is 6.61 Å². The molecule has 0 saturated heterocycles. The lowest BCUT2D eigenvalue weighted by atomic mass is 10.3. The molecule has 0 unspecified atom stereocenters. The van der Waals surface area contributed by atoms with Gasteiger partial charge >= 0.3 is 0 Å². The van der Waals surface area contributed by atoms with E-state index in [9.17, 15) is 0 Å². The highest BCUT2D eigenvalue weighted by Gasteiger charge is 1.91. The van der Waals surface area contributed by atoms with Gasteiger partial charge in [0.1, 0.15) is 5.75 Å². The molecule has 1 nitrogen and oxygen atoms in total. The van der Waals surface area contributed by atoms with Crippen LogP contribution < -0.4 is 4.74 Å². The van der Waals surface area contributed by atoms with Gasteiger partial charge in [0.2, 0.25) is 0 Å². The summed E-state index contributed by atoms with van der Waals surface area (Å²) >= 11 is 2.29. The third kappa shape index (κ3) is 3.58. The van der Waals surface area contributed by atoms with Crippen molar-refractivity contribution in [3.8, 4) is 5.75 Å². The van der Waals surface area contributed by atoms with Gasteiger partial charge in [0, 0.05) is 13.8 Å². The highest BCUT2D eigenvalue weighted by Crippen LogP contribution is 2.13. The summed E-state index contributed by atoms with van der Waals surface area (Å²) in [5, 5.41) is 0. The number of benzene rings is 1. The third-order valence-electron chi connectivity index (χ3n) is 1.58. The predicted octanol–water partition coefficient (Wildman–Crippen LogP) is 1.84. The number of hydrogen-bond donors (Lipinski definition) is 0. The topological polar surface area (TPSA) is 9.23 Å². The first-order valence-corrected chi connectivity index (χ1v) is 6.70. The van der Waals surface area contributed by atoms with Crippen LogP contribution in [-0.4, -0.2) is 16.8 Å². The summed E-state index contributed by atoms with van der Waals surface area (Å²) in [5.74, 6) is 0.991. The van der Waals surface area contributed by atoms with Gasteiger partial charge in [0.05, 0.1) is 6.61 Å². The van der Waals surface area contributed by atoms with Crippen molar-refractivity contribution >= 4 is 32.8 Å². The van der Waals surface area contributed by atoms with Gasteiger partial charge in [-0.1, -0.05) is 6.04 Å². The molecule has 0 fully saturated rings. The molecule has 0 aromatic heterocycles. The van der Waals surface area contributed by atoms with Gasteiger partial charge in [-0.15, -0.1) is 0 Å². The fourth-order valence-corrected chi connectivity index (χ4v) is 1.51. The zero-order valence-electron chi connectivity index (χ0n) is 7.22. The molecule has 0 aliphatic rings. The summed E-state index contributed by atoms with van der Waals surface area (Å²) < 4.78 is 6.77. The fraction of sp³-hybridized carbons (Fsp3) is 0.333. The van der Waals surface area contributed by atoms with Gasteiger partial charge < -0.3 is 4.74 Å². The first-order chi connectivity index (χ1) is 5.83. The predicted molar refractivity (Wildman–Crippen MR) is 64.0 cm³/mol. The lowest BCUT2D eigenvalue weighted by molar-refractivity contribution is 0.317. The van der Waals surface area contributed by atoms with Crippen LogP contribution in [0.25, 0.3) is 0 Å². The van der Waals surface area contributed by atoms with Crippen molar-refractivity contribution in [2.24, 2.45) is 0 Å². The molecule has 0 aliphatic heterocycles. The maximum atomic E-state index is 5.52. The molecule has 0 bridgehead atoms. The Morgan fingerprint density at radius 2 is 1.92 bits per heavy atom. The Balaban J connectivity index is 2.37. The van der Waals surface area contributed by atoms with Crippen molar-refractivity contribution in [3.63, 3.8) is 0 Å². The van der Waals surface area contributed by atoms with E-state index in [1.165, 1.54) is 26.3 Å².